The van der Waals surface area contributed by atoms with Gasteiger partial charge in [-0.25, -0.2) is 0 Å². The molecule has 1 aromatic carbocycles. The molecule has 1 aromatic heterocycles. The summed E-state index contributed by atoms with van der Waals surface area (Å²) in [5.74, 6) is -0.448. The molecular weight excluding hydrogens is 458 g/mol. The van der Waals surface area contributed by atoms with Gasteiger partial charge in [0.15, 0.2) is 0 Å². The van der Waals surface area contributed by atoms with Gasteiger partial charge in [0.2, 0.25) is 11.8 Å². The number of nitriles is 1. The first-order valence-corrected chi connectivity index (χ1v) is 12.9. The van der Waals surface area contributed by atoms with E-state index in [2.05, 4.69) is 16.7 Å². The van der Waals surface area contributed by atoms with Crippen LogP contribution in [0.3, 0.4) is 0 Å². The molecule has 0 bridgehead atoms. The van der Waals surface area contributed by atoms with Crippen LogP contribution in [-0.2, 0) is 9.59 Å². The lowest BCUT2D eigenvalue weighted by atomic mass is 9.84. The minimum Gasteiger partial charge on any atom is -0.496 e. The number of aromatic nitrogens is 1. The van der Waals surface area contributed by atoms with Crippen molar-refractivity contribution in [2.45, 2.75) is 69.9 Å². The van der Waals surface area contributed by atoms with Crippen LogP contribution in [0.4, 0.5) is 0 Å². The summed E-state index contributed by atoms with van der Waals surface area (Å²) >= 11 is 0. The average Bonchev–Trinajstić information content (AvgIpc) is 3.28. The van der Waals surface area contributed by atoms with Gasteiger partial charge in [-0.1, -0.05) is 38.2 Å². The van der Waals surface area contributed by atoms with E-state index in [1.807, 2.05) is 12.1 Å². The molecule has 2 fully saturated rings. The molecule has 36 heavy (non-hydrogen) atoms. The van der Waals surface area contributed by atoms with Gasteiger partial charge in [0, 0.05) is 17.8 Å². The summed E-state index contributed by atoms with van der Waals surface area (Å²) in [6, 6.07) is 7.76. The number of ether oxygens (including phenoxy) is 1. The fourth-order valence-corrected chi connectivity index (χ4v) is 5.75. The Balaban J connectivity index is 1.68. The number of primary amides is 1. The van der Waals surface area contributed by atoms with Crippen molar-refractivity contribution < 1.29 is 19.1 Å². The molecule has 2 heterocycles. The molecule has 192 valence electrons. The number of methoxy groups -OCH3 is 1. The second-order valence-electron chi connectivity index (χ2n) is 9.97. The van der Waals surface area contributed by atoms with Crippen molar-refractivity contribution in [3.8, 4) is 11.8 Å². The Kier molecular flexibility index (Phi) is 8.14. The largest absolute Gasteiger partial charge is 0.496 e. The van der Waals surface area contributed by atoms with Crippen LogP contribution in [0.5, 0.6) is 5.75 Å². The fourth-order valence-electron chi connectivity index (χ4n) is 5.75. The minimum atomic E-state index is -0.811. The Morgan fingerprint density at radius 2 is 2.00 bits per heavy atom. The number of amides is 3. The lowest BCUT2D eigenvalue weighted by molar-refractivity contribution is -0.128. The molecule has 1 saturated carbocycles. The molecular formula is C27H35N5O4. The van der Waals surface area contributed by atoms with Crippen molar-refractivity contribution in [2.75, 3.05) is 13.7 Å². The van der Waals surface area contributed by atoms with Gasteiger partial charge >= 0.3 is 0 Å². The molecule has 0 unspecified atom stereocenters. The molecule has 4 N–H and O–H groups in total. The van der Waals surface area contributed by atoms with E-state index < -0.39 is 18.0 Å². The van der Waals surface area contributed by atoms with Gasteiger partial charge < -0.3 is 25.7 Å². The van der Waals surface area contributed by atoms with Gasteiger partial charge in [-0.05, 0) is 49.8 Å². The number of carbonyl (C=O) groups excluding carboxylic acids is 3. The number of piperidine rings is 1. The van der Waals surface area contributed by atoms with Crippen LogP contribution in [0, 0.1) is 23.2 Å². The molecule has 1 aliphatic heterocycles. The van der Waals surface area contributed by atoms with Crippen LogP contribution < -0.4 is 21.1 Å². The topological polar surface area (TPSA) is 139 Å². The molecule has 0 radical (unpaired) electrons. The maximum Gasteiger partial charge on any atom is 0.265 e. The number of carbonyl (C=O) groups is 3. The lowest BCUT2D eigenvalue weighted by Crippen LogP contribution is -2.44. The predicted octanol–water partition coefficient (Wildman–Crippen LogP) is 3.18. The number of rotatable bonds is 9. The van der Waals surface area contributed by atoms with Gasteiger partial charge in [-0.15, -0.1) is 0 Å². The Bertz CT molecular complexity index is 1160. The second kappa shape index (κ2) is 11.5. The number of nitrogens with zero attached hydrogens (tertiary/aromatic N) is 2. The van der Waals surface area contributed by atoms with Crippen molar-refractivity contribution in [3.05, 3.63) is 30.0 Å². The van der Waals surface area contributed by atoms with Crippen molar-refractivity contribution in [1.29, 1.82) is 5.26 Å². The van der Waals surface area contributed by atoms with Crippen LogP contribution in [0.15, 0.2) is 24.3 Å². The zero-order valence-electron chi connectivity index (χ0n) is 20.8. The summed E-state index contributed by atoms with van der Waals surface area (Å²) in [5, 5.41) is 16.2. The lowest BCUT2D eigenvalue weighted by Gasteiger charge is -2.29. The monoisotopic (exact) mass is 493 g/mol. The van der Waals surface area contributed by atoms with E-state index >= 15 is 0 Å². The van der Waals surface area contributed by atoms with E-state index in [1.165, 1.54) is 6.42 Å². The van der Waals surface area contributed by atoms with Crippen molar-refractivity contribution in [3.63, 3.8) is 0 Å². The zero-order valence-corrected chi connectivity index (χ0v) is 20.8. The van der Waals surface area contributed by atoms with Crippen molar-refractivity contribution in [2.24, 2.45) is 17.6 Å². The first kappa shape index (κ1) is 25.5. The molecule has 9 nitrogen and oxygen atoms in total. The number of nitrogens with two attached hydrogens (primary N) is 1. The second-order valence-corrected chi connectivity index (χ2v) is 9.97. The van der Waals surface area contributed by atoms with Gasteiger partial charge in [0.25, 0.3) is 5.91 Å². The third kappa shape index (κ3) is 5.48. The third-order valence-electron chi connectivity index (χ3n) is 7.60. The minimum absolute atomic E-state index is 0.0750. The SMILES string of the molecule is COc1cccc2c1cc(C(N)=O)n2[C@@H](CC1CCCCC1)C(=O)N[C@H](C#N)C[C@@H]1CCCNC1=O. The maximum absolute atomic E-state index is 13.8. The Morgan fingerprint density at radius 3 is 2.67 bits per heavy atom. The quantitative estimate of drug-likeness (QED) is 0.492. The van der Waals surface area contributed by atoms with Gasteiger partial charge in [0.05, 0.1) is 18.7 Å². The molecule has 1 aliphatic carbocycles. The summed E-state index contributed by atoms with van der Waals surface area (Å²) in [5.41, 5.74) is 6.69. The third-order valence-corrected chi connectivity index (χ3v) is 7.60. The number of benzene rings is 1. The predicted molar refractivity (Wildman–Crippen MR) is 135 cm³/mol. The van der Waals surface area contributed by atoms with Gasteiger partial charge in [-0.2, -0.15) is 5.26 Å². The highest BCUT2D eigenvalue weighted by atomic mass is 16.5. The summed E-state index contributed by atoms with van der Waals surface area (Å²) in [6.07, 6.45) is 7.78. The summed E-state index contributed by atoms with van der Waals surface area (Å²) in [4.78, 5) is 38.6. The van der Waals surface area contributed by atoms with Gasteiger partial charge in [0.1, 0.15) is 23.5 Å². The molecule has 1 saturated heterocycles. The standard InChI is InChI=1S/C27H35N5O4/c1-36-24-11-5-10-21-20(24)15-22(25(29)33)32(21)23(13-17-7-3-2-4-8-17)27(35)31-19(16-28)14-18-9-6-12-30-26(18)34/h5,10-11,15,17-19,23H,2-4,6-9,12-14H2,1H3,(H2,29,33)(H,30,34)(H,31,35)/t18-,19-,23-/m0/s1. The van der Waals surface area contributed by atoms with E-state index in [4.69, 9.17) is 10.5 Å². The molecule has 4 rings (SSSR count). The Labute approximate surface area is 211 Å². The van der Waals surface area contributed by atoms with Gasteiger partial charge in [-0.3, -0.25) is 14.4 Å². The maximum atomic E-state index is 13.8. The zero-order chi connectivity index (χ0) is 25.7. The Morgan fingerprint density at radius 1 is 1.22 bits per heavy atom. The van der Waals surface area contributed by atoms with Crippen LogP contribution in [0.2, 0.25) is 0 Å². The molecule has 3 atom stereocenters. The highest BCUT2D eigenvalue weighted by molar-refractivity contribution is 6.01. The van der Waals surface area contributed by atoms with Crippen LogP contribution >= 0.6 is 0 Å². The highest BCUT2D eigenvalue weighted by Gasteiger charge is 2.33. The number of hydrogen-bond acceptors (Lipinski definition) is 5. The first-order valence-electron chi connectivity index (χ1n) is 12.9. The van der Waals surface area contributed by atoms with E-state index in [0.29, 0.717) is 42.0 Å². The Hall–Kier alpha value is -3.54. The smallest absolute Gasteiger partial charge is 0.265 e. The van der Waals surface area contributed by atoms with Crippen molar-refractivity contribution in [1.82, 2.24) is 15.2 Å². The van der Waals surface area contributed by atoms with E-state index in [-0.39, 0.29) is 29.8 Å². The summed E-state index contributed by atoms with van der Waals surface area (Å²) in [7, 11) is 1.56. The normalized spacial score (nSPS) is 20.2. The molecule has 2 aliphatic rings. The molecule has 2 aromatic rings. The highest BCUT2D eigenvalue weighted by Crippen LogP contribution is 2.36. The van der Waals surface area contributed by atoms with E-state index in [1.54, 1.807) is 23.8 Å². The number of hydrogen-bond donors (Lipinski definition) is 3. The number of nitrogens with one attached hydrogen (secondary N) is 2. The summed E-state index contributed by atoms with van der Waals surface area (Å²) < 4.78 is 7.21. The molecule has 3 amide bonds. The molecule has 0 spiro atoms. The number of fused-ring (bicyclic) bond motifs is 1. The van der Waals surface area contributed by atoms with Crippen LogP contribution in [-0.4, -0.2) is 42.0 Å². The van der Waals surface area contributed by atoms with Crippen LogP contribution in [0.25, 0.3) is 10.9 Å². The van der Waals surface area contributed by atoms with E-state index in [9.17, 15) is 19.6 Å². The van der Waals surface area contributed by atoms with E-state index in [0.717, 1.165) is 32.1 Å². The average molecular weight is 494 g/mol. The molecule has 9 heteroatoms. The first-order chi connectivity index (χ1) is 17.4. The fraction of sp³-hybridized carbons (Fsp3) is 0.556. The van der Waals surface area contributed by atoms with Crippen molar-refractivity contribution >= 4 is 28.6 Å². The summed E-state index contributed by atoms with van der Waals surface area (Å²) in [6.45, 7) is 0.641. The van der Waals surface area contributed by atoms with Crippen LogP contribution in [0.1, 0.15) is 74.3 Å².